The number of benzene rings is 2. The minimum absolute atomic E-state index is 0.00469. The molecule has 2 aromatic carbocycles. The van der Waals surface area contributed by atoms with E-state index in [0.29, 0.717) is 19.6 Å². The first-order chi connectivity index (χ1) is 22.7. The van der Waals surface area contributed by atoms with Gasteiger partial charge < -0.3 is 39.0 Å². The zero-order chi connectivity index (χ0) is 34.4. The maximum atomic E-state index is 14.0. The predicted molar refractivity (Wildman–Crippen MR) is 170 cm³/mol. The average Bonchev–Trinajstić information content (AvgIpc) is 3.43. The summed E-state index contributed by atoms with van der Waals surface area (Å²) in [5.74, 6) is -3.24. The number of hydrogen-bond acceptors (Lipinski definition) is 12. The van der Waals surface area contributed by atoms with E-state index in [4.69, 9.17) is 23.7 Å². The van der Waals surface area contributed by atoms with Crippen molar-refractivity contribution in [3.63, 3.8) is 0 Å². The Bertz CT molecular complexity index is 1700. The van der Waals surface area contributed by atoms with Gasteiger partial charge in [0.05, 0.1) is 42.6 Å². The van der Waals surface area contributed by atoms with Crippen molar-refractivity contribution in [2.75, 3.05) is 27.4 Å². The SMILES string of the molecule is COc1cccc2c1C(=O)c1c(O)c3c(c(O)c1C2=O)C[C@@](O)(C(=O)C(C)(C)C)C[C@@H]3C[C@H]1C[C@H]2[C@H](O[C@@H]3[C@@H](OC)OCCN32)[C@H](C)O1. The van der Waals surface area contributed by atoms with Gasteiger partial charge >= 0.3 is 0 Å². The maximum Gasteiger partial charge on any atom is 0.202 e. The summed E-state index contributed by atoms with van der Waals surface area (Å²) in [6, 6.07) is 4.58. The molecular weight excluding hydrogens is 622 g/mol. The molecule has 0 unspecified atom stereocenters. The van der Waals surface area contributed by atoms with Gasteiger partial charge in [-0.1, -0.05) is 32.9 Å². The third-order valence-electron chi connectivity index (χ3n) is 10.8. The number of carbonyl (C=O) groups excluding carboxylic acids is 3. The Labute approximate surface area is 278 Å². The first-order valence-electron chi connectivity index (χ1n) is 16.6. The number of carbonyl (C=O) groups is 3. The molecule has 5 aliphatic rings. The van der Waals surface area contributed by atoms with Crippen LogP contribution in [0.25, 0.3) is 0 Å². The molecule has 48 heavy (non-hydrogen) atoms. The molecule has 12 nitrogen and oxygen atoms in total. The number of ether oxygens (including phenoxy) is 5. The largest absolute Gasteiger partial charge is 0.507 e. The van der Waals surface area contributed by atoms with Crippen LogP contribution in [0.1, 0.15) is 95.8 Å². The van der Waals surface area contributed by atoms with Gasteiger partial charge in [0.2, 0.25) is 5.78 Å². The van der Waals surface area contributed by atoms with Gasteiger partial charge in [0, 0.05) is 48.2 Å². The van der Waals surface area contributed by atoms with Gasteiger partial charge in [-0.3, -0.25) is 19.3 Å². The summed E-state index contributed by atoms with van der Waals surface area (Å²) >= 11 is 0. The highest BCUT2D eigenvalue weighted by atomic mass is 16.7. The molecule has 0 saturated carbocycles. The standard InChI is InChI=1S/C36H43NO11/c1-16-31-21(37-10-11-46-33(45-6)32(37)48-31)13-18(47-16)12-17-14-36(43,34(42)35(2,3)4)15-20-23(17)29(40)26-25(28(20)39)27(38)19-8-7-9-22(44-5)24(19)30(26)41/h7-9,16-18,21,31-33,39-40,43H,10-15H2,1-6H3/t16-,17-,18-,21-,31+,32+,33-,36+/m0/s1. The van der Waals surface area contributed by atoms with Gasteiger partial charge in [-0.15, -0.1) is 0 Å². The van der Waals surface area contributed by atoms with Crippen LogP contribution in [0.5, 0.6) is 17.2 Å². The van der Waals surface area contributed by atoms with Crippen LogP contribution in [0.2, 0.25) is 0 Å². The van der Waals surface area contributed by atoms with E-state index in [0.717, 1.165) is 0 Å². The Morgan fingerprint density at radius 3 is 2.48 bits per heavy atom. The lowest BCUT2D eigenvalue weighted by molar-refractivity contribution is -0.246. The van der Waals surface area contributed by atoms with Crippen molar-refractivity contribution in [2.24, 2.45) is 5.41 Å². The van der Waals surface area contributed by atoms with Gasteiger partial charge in [-0.2, -0.15) is 0 Å². The van der Waals surface area contributed by atoms with Gasteiger partial charge in [0.15, 0.2) is 24.1 Å². The molecule has 0 aromatic heterocycles. The number of methoxy groups -OCH3 is 2. The van der Waals surface area contributed by atoms with Crippen LogP contribution in [0.15, 0.2) is 18.2 Å². The number of rotatable bonds is 5. The number of fused-ring (bicyclic) bond motifs is 6. The van der Waals surface area contributed by atoms with Crippen LogP contribution in [-0.2, 0) is 30.2 Å². The number of ketones is 3. The second-order valence-electron chi connectivity index (χ2n) is 14.8. The fourth-order valence-corrected chi connectivity index (χ4v) is 8.81. The topological polar surface area (TPSA) is 161 Å². The smallest absolute Gasteiger partial charge is 0.202 e. The highest BCUT2D eigenvalue weighted by molar-refractivity contribution is 6.31. The van der Waals surface area contributed by atoms with E-state index < -0.39 is 58.2 Å². The fraction of sp³-hybridized carbons (Fsp3) is 0.583. The van der Waals surface area contributed by atoms with E-state index in [2.05, 4.69) is 4.90 Å². The first kappa shape index (κ1) is 33.1. The number of morpholine rings is 1. The summed E-state index contributed by atoms with van der Waals surface area (Å²) in [7, 11) is 2.96. The average molecular weight is 666 g/mol. The Morgan fingerprint density at radius 1 is 1.06 bits per heavy atom. The van der Waals surface area contributed by atoms with Crippen LogP contribution in [0, 0.1) is 5.41 Å². The molecule has 0 spiro atoms. The molecule has 3 saturated heterocycles. The molecule has 258 valence electrons. The zero-order valence-electron chi connectivity index (χ0n) is 28.1. The van der Waals surface area contributed by atoms with Gasteiger partial charge in [0.25, 0.3) is 0 Å². The van der Waals surface area contributed by atoms with Gasteiger partial charge in [0.1, 0.15) is 29.0 Å². The lowest BCUT2D eigenvalue weighted by Crippen LogP contribution is -2.55. The van der Waals surface area contributed by atoms with E-state index in [1.807, 2.05) is 6.92 Å². The van der Waals surface area contributed by atoms with Crippen molar-refractivity contribution in [1.29, 1.82) is 0 Å². The summed E-state index contributed by atoms with van der Waals surface area (Å²) in [4.78, 5) is 44.0. The quantitative estimate of drug-likeness (QED) is 0.342. The molecule has 8 atom stereocenters. The van der Waals surface area contributed by atoms with Crippen molar-refractivity contribution < 1.29 is 53.4 Å². The predicted octanol–water partition coefficient (Wildman–Crippen LogP) is 3.22. The minimum atomic E-state index is -1.92. The molecule has 3 fully saturated rings. The van der Waals surface area contributed by atoms with Gasteiger partial charge in [-0.25, -0.2) is 0 Å². The number of aromatic hydroxyl groups is 2. The highest BCUT2D eigenvalue weighted by Gasteiger charge is 2.55. The monoisotopic (exact) mass is 665 g/mol. The van der Waals surface area contributed by atoms with E-state index in [1.165, 1.54) is 13.2 Å². The van der Waals surface area contributed by atoms with Crippen molar-refractivity contribution >= 4 is 17.3 Å². The Balaban J connectivity index is 1.31. The molecule has 7 rings (SSSR count). The van der Waals surface area contributed by atoms with E-state index in [-0.39, 0.29) is 82.9 Å². The minimum Gasteiger partial charge on any atom is -0.507 e. The normalized spacial score (nSPS) is 32.9. The van der Waals surface area contributed by atoms with E-state index in [1.54, 1.807) is 40.0 Å². The van der Waals surface area contributed by atoms with Crippen molar-refractivity contribution in [1.82, 2.24) is 4.90 Å². The molecule has 12 heteroatoms. The molecular formula is C36H43NO11. The van der Waals surface area contributed by atoms with E-state index in [9.17, 15) is 29.7 Å². The molecule has 0 amide bonds. The molecule has 0 radical (unpaired) electrons. The molecule has 3 N–H and O–H groups in total. The molecule has 0 bridgehead atoms. The van der Waals surface area contributed by atoms with Gasteiger partial charge in [-0.05, 0) is 38.2 Å². The number of nitrogens with zero attached hydrogens (tertiary/aromatic N) is 1. The van der Waals surface area contributed by atoms with Crippen LogP contribution in [0.4, 0.5) is 0 Å². The number of phenolic OH excluding ortho intramolecular Hbond substituents is 2. The highest BCUT2D eigenvalue weighted by Crippen LogP contribution is 2.54. The lowest BCUT2D eigenvalue weighted by atomic mass is 9.64. The van der Waals surface area contributed by atoms with Crippen molar-refractivity contribution in [3.05, 3.63) is 51.6 Å². The molecule has 2 aliphatic carbocycles. The van der Waals surface area contributed by atoms with E-state index >= 15 is 0 Å². The summed E-state index contributed by atoms with van der Waals surface area (Å²) in [6.07, 6.45) is -1.45. The second kappa shape index (κ2) is 11.6. The summed E-state index contributed by atoms with van der Waals surface area (Å²) < 4.78 is 29.6. The zero-order valence-corrected chi connectivity index (χ0v) is 28.1. The first-order valence-corrected chi connectivity index (χ1v) is 16.6. The van der Waals surface area contributed by atoms with Crippen molar-refractivity contribution in [2.45, 2.75) is 102 Å². The second-order valence-corrected chi connectivity index (χ2v) is 14.8. The van der Waals surface area contributed by atoms with Crippen LogP contribution in [-0.4, -0.2) is 107 Å². The Morgan fingerprint density at radius 2 is 1.79 bits per heavy atom. The number of phenols is 2. The molecule has 3 aliphatic heterocycles. The van der Waals surface area contributed by atoms with Crippen LogP contribution in [0.3, 0.4) is 0 Å². The molecule has 3 heterocycles. The number of Topliss-reactive ketones (excluding diaryl/α,β-unsaturated/α-hetero) is 1. The number of aliphatic hydroxyl groups is 1. The summed E-state index contributed by atoms with van der Waals surface area (Å²) in [5.41, 5.74) is -3.15. The van der Waals surface area contributed by atoms with Crippen molar-refractivity contribution in [3.8, 4) is 17.2 Å². The number of hydrogen-bond donors (Lipinski definition) is 3. The molecule has 2 aromatic rings. The Kier molecular flexibility index (Phi) is 8.01. The third kappa shape index (κ3) is 4.91. The maximum absolute atomic E-state index is 14.0. The summed E-state index contributed by atoms with van der Waals surface area (Å²) in [5, 5.41) is 35.9. The fourth-order valence-electron chi connectivity index (χ4n) is 8.81. The van der Waals surface area contributed by atoms with Crippen LogP contribution < -0.4 is 4.74 Å². The summed E-state index contributed by atoms with van der Waals surface area (Å²) in [6.45, 7) is 8.22. The third-order valence-corrected chi connectivity index (χ3v) is 10.8. The van der Waals surface area contributed by atoms with Crippen LogP contribution >= 0.6 is 0 Å². The lowest BCUT2D eigenvalue weighted by Gasteiger charge is -2.44. The Hall–Kier alpha value is -3.39.